The number of carbonyl (C=O) groups is 1. The predicted octanol–water partition coefficient (Wildman–Crippen LogP) is 2.14. The Hall–Kier alpha value is -0.740. The number of hydrogen-bond acceptors (Lipinski definition) is 2. The average molecular weight is 194 g/mol. The summed E-state index contributed by atoms with van der Waals surface area (Å²) < 4.78 is 111. The second-order valence-corrected chi connectivity index (χ2v) is 1.68. The minimum absolute atomic E-state index is 3.17. The summed E-state index contributed by atoms with van der Waals surface area (Å²) in [4.78, 5) is 10.8. The lowest BCUT2D eigenvalue weighted by Crippen LogP contribution is -2.30. The third kappa shape index (κ3) is 3.59. The van der Waals surface area contributed by atoms with Gasteiger partial charge in [0, 0.05) is 12.3 Å². The second-order valence-electron chi connectivity index (χ2n) is 1.68. The summed E-state index contributed by atoms with van der Waals surface area (Å²) in [5.74, 6) is -6.34. The van der Waals surface area contributed by atoms with Gasteiger partial charge in [-0.1, -0.05) is 13.7 Å². The smallest absolute Gasteiger partial charge is 0.456 e. The molecule has 0 aliphatic heterocycles. The zero-order valence-corrected chi connectivity index (χ0v) is 5.53. The fraction of sp³-hybridized carbons (Fsp3) is 0.857. The van der Waals surface area contributed by atoms with Gasteiger partial charge in [0.05, 0.1) is 1.37 Å². The number of ether oxygens (including phenoxy) is 1. The zero-order valence-electron chi connectivity index (χ0n) is 15.5. The summed E-state index contributed by atoms with van der Waals surface area (Å²) in [5.41, 5.74) is 0. The highest BCUT2D eigenvalue weighted by molar-refractivity contribution is 5.75. The van der Waals surface area contributed by atoms with Crippen molar-refractivity contribution < 1.29 is 36.4 Å². The van der Waals surface area contributed by atoms with Gasteiger partial charge in [0.15, 0.2) is 0 Å². The van der Waals surface area contributed by atoms with Crippen LogP contribution in [0.5, 0.6) is 0 Å². The Morgan fingerprint density at radius 3 is 2.42 bits per heavy atom. The van der Waals surface area contributed by atoms with E-state index in [0.29, 0.717) is 0 Å². The molecule has 0 aromatic heterocycles. The summed E-state index contributed by atoms with van der Waals surface area (Å²) in [6.07, 6.45) is -9.87. The highest BCUT2D eigenvalue weighted by Gasteiger charge is 2.41. The highest BCUT2D eigenvalue weighted by Crippen LogP contribution is 2.19. The van der Waals surface area contributed by atoms with Gasteiger partial charge in [-0.2, -0.15) is 13.2 Å². The molecule has 0 spiro atoms. The molecule has 0 bridgehead atoms. The molecular formula is C7H11F3O2. The van der Waals surface area contributed by atoms with E-state index in [4.69, 9.17) is 13.7 Å². The summed E-state index contributed by atoms with van der Waals surface area (Å²) in [6.45, 7) is -11.4. The van der Waals surface area contributed by atoms with Crippen LogP contribution in [0.4, 0.5) is 13.2 Å². The first-order chi connectivity index (χ1) is 9.24. The van der Waals surface area contributed by atoms with Crippen molar-refractivity contribution in [2.24, 2.45) is 5.92 Å². The van der Waals surface area contributed by atoms with Gasteiger partial charge in [-0.15, -0.1) is 0 Å². The lowest BCUT2D eigenvalue weighted by atomic mass is 10.1. The Balaban J connectivity index is 6.16. The van der Waals surface area contributed by atoms with Crippen LogP contribution in [0.2, 0.25) is 0 Å². The van der Waals surface area contributed by atoms with Crippen LogP contribution in [-0.4, -0.2) is 18.2 Å². The van der Waals surface area contributed by atoms with Crippen LogP contribution in [0, 0.1) is 5.92 Å². The number of halogens is 3. The summed E-state index contributed by atoms with van der Waals surface area (Å²) in [5, 5.41) is 0. The van der Waals surface area contributed by atoms with Crippen molar-refractivity contribution in [2.75, 3.05) is 0 Å². The monoisotopic (exact) mass is 194 g/mol. The molecule has 0 saturated carbocycles. The number of rotatable bonds is 2. The first-order valence-electron chi connectivity index (χ1n) is 7.55. The van der Waals surface area contributed by atoms with E-state index in [1.165, 1.54) is 0 Å². The molecule has 2 nitrogen and oxygen atoms in total. The SMILES string of the molecule is [2H]C([2H])([2H])C(C([2H])([2H])[2H])C([2H])(OC(=O)C(F)(F)F)C([2H])([2H])[2H]. The third-order valence-corrected chi connectivity index (χ3v) is 0.696. The molecule has 0 fully saturated rings. The molecule has 0 N–H and O–H groups in total. The van der Waals surface area contributed by atoms with Crippen LogP contribution >= 0.6 is 0 Å². The second kappa shape index (κ2) is 3.78. The minimum Gasteiger partial charge on any atom is -0.456 e. The van der Waals surface area contributed by atoms with Gasteiger partial charge in [-0.05, 0) is 12.8 Å². The van der Waals surface area contributed by atoms with Crippen molar-refractivity contribution in [3.63, 3.8) is 0 Å². The molecule has 1 atom stereocenters. The van der Waals surface area contributed by atoms with Gasteiger partial charge >= 0.3 is 12.1 Å². The average Bonchev–Trinajstić information content (AvgIpc) is 2.07. The number of esters is 1. The summed E-state index contributed by atoms with van der Waals surface area (Å²) in [6, 6.07) is 0. The molecule has 72 valence electrons. The Labute approximate surface area is 82.8 Å². The molecule has 1 unspecified atom stereocenters. The van der Waals surface area contributed by atoms with Crippen molar-refractivity contribution in [1.29, 1.82) is 0 Å². The van der Waals surface area contributed by atoms with E-state index in [0.717, 1.165) is 0 Å². The molecule has 0 aromatic rings. The molecule has 0 saturated heterocycles. The standard InChI is InChI=1S/C7H11F3O2/c1-4(2)5(3)12-6(11)7(8,9)10/h4-5H,1-3H3/i1D3,2D3,3D3,5D. The lowest BCUT2D eigenvalue weighted by Gasteiger charge is -2.17. The third-order valence-electron chi connectivity index (χ3n) is 0.696. The fourth-order valence-electron chi connectivity index (χ4n) is 0.217. The Morgan fingerprint density at radius 2 is 2.08 bits per heavy atom. The molecule has 0 aliphatic rings. The molecular weight excluding hydrogens is 173 g/mol. The molecule has 0 aliphatic carbocycles. The molecule has 5 heteroatoms. The van der Waals surface area contributed by atoms with Crippen LogP contribution in [0.15, 0.2) is 0 Å². The van der Waals surface area contributed by atoms with E-state index >= 15 is 0 Å². The van der Waals surface area contributed by atoms with Crippen LogP contribution in [0.3, 0.4) is 0 Å². The largest absolute Gasteiger partial charge is 0.490 e. The van der Waals surface area contributed by atoms with Crippen molar-refractivity contribution in [2.45, 2.75) is 32.8 Å². The van der Waals surface area contributed by atoms with E-state index in [1.54, 1.807) is 0 Å². The first kappa shape index (κ1) is 2.89. The number of carbonyl (C=O) groups excluding carboxylic acids is 1. The Bertz CT molecular complexity index is 408. The molecule has 12 heavy (non-hydrogen) atoms. The molecule has 0 aromatic carbocycles. The topological polar surface area (TPSA) is 26.3 Å². The minimum atomic E-state index is -5.73. The van der Waals surface area contributed by atoms with Crippen molar-refractivity contribution >= 4 is 5.97 Å². The van der Waals surface area contributed by atoms with Crippen LogP contribution in [0.25, 0.3) is 0 Å². The molecule has 0 heterocycles. The van der Waals surface area contributed by atoms with Crippen molar-refractivity contribution in [3.8, 4) is 0 Å². The molecule has 0 radical (unpaired) electrons. The van der Waals surface area contributed by atoms with Gasteiger partial charge in [0.2, 0.25) is 0 Å². The Kier molecular flexibility index (Phi) is 0.909. The lowest BCUT2D eigenvalue weighted by molar-refractivity contribution is -0.205. The summed E-state index contributed by atoms with van der Waals surface area (Å²) >= 11 is 0. The van der Waals surface area contributed by atoms with E-state index in [9.17, 15) is 18.0 Å². The molecule has 0 rings (SSSR count). The van der Waals surface area contributed by atoms with Gasteiger partial charge in [0.1, 0.15) is 6.08 Å². The normalized spacial score (nSPS) is 32.7. The highest BCUT2D eigenvalue weighted by atomic mass is 19.4. The van der Waals surface area contributed by atoms with E-state index < -0.39 is 44.7 Å². The quantitative estimate of drug-likeness (QED) is 0.629. The maximum absolute atomic E-state index is 12.2. The van der Waals surface area contributed by atoms with E-state index in [2.05, 4.69) is 4.74 Å². The first-order valence-corrected chi connectivity index (χ1v) is 2.55. The number of alkyl halides is 3. The maximum Gasteiger partial charge on any atom is 0.490 e. The van der Waals surface area contributed by atoms with Crippen LogP contribution in [0.1, 0.15) is 34.3 Å². The number of hydrogen-bond donors (Lipinski definition) is 0. The molecule has 0 amide bonds. The fourth-order valence-corrected chi connectivity index (χ4v) is 0.217. The van der Waals surface area contributed by atoms with Gasteiger partial charge < -0.3 is 4.74 Å². The van der Waals surface area contributed by atoms with Crippen molar-refractivity contribution in [1.82, 2.24) is 0 Å². The summed E-state index contributed by atoms with van der Waals surface area (Å²) in [7, 11) is 0. The van der Waals surface area contributed by atoms with E-state index in [-0.39, 0.29) is 0 Å². The van der Waals surface area contributed by atoms with Gasteiger partial charge in [-0.3, -0.25) is 0 Å². The van der Waals surface area contributed by atoms with Crippen LogP contribution in [-0.2, 0) is 9.53 Å². The van der Waals surface area contributed by atoms with Crippen LogP contribution < -0.4 is 0 Å². The van der Waals surface area contributed by atoms with Gasteiger partial charge in [0.25, 0.3) is 0 Å². The van der Waals surface area contributed by atoms with E-state index in [1.807, 2.05) is 0 Å². The van der Waals surface area contributed by atoms with Gasteiger partial charge in [-0.25, -0.2) is 4.79 Å². The zero-order chi connectivity index (χ0) is 18.4. The Morgan fingerprint density at radius 1 is 1.50 bits per heavy atom. The van der Waals surface area contributed by atoms with Crippen molar-refractivity contribution in [3.05, 3.63) is 0 Å². The predicted molar refractivity (Wildman–Crippen MR) is 36.4 cm³/mol. The maximum atomic E-state index is 12.2.